The molecule has 0 bridgehead atoms. The maximum absolute atomic E-state index is 12.2. The van der Waals surface area contributed by atoms with Crippen molar-refractivity contribution in [1.29, 1.82) is 0 Å². The van der Waals surface area contributed by atoms with Gasteiger partial charge in [-0.25, -0.2) is 9.97 Å². The number of likely N-dealkylation sites (tertiary alicyclic amines) is 1. The number of benzene rings is 1. The van der Waals surface area contributed by atoms with Crippen LogP contribution >= 0.6 is 0 Å². The Morgan fingerprint density at radius 3 is 3.00 bits per heavy atom. The standard InChI is InChI=1S/C18H23N5O2/c1-12-7-16(22-18(19)21-12)17(25)20-9-14-5-6-23(11-14)10-13-3-2-4-15(24)8-13/h2-4,7-8,14,24H,5-6,9-11H2,1H3,(H,20,25)(H2,19,21,22)/t14-/m0/s1. The van der Waals surface area contributed by atoms with E-state index in [0.717, 1.165) is 31.6 Å². The number of nitrogens with one attached hydrogen (secondary N) is 1. The van der Waals surface area contributed by atoms with Crippen molar-refractivity contribution >= 4 is 11.9 Å². The first kappa shape index (κ1) is 17.2. The maximum Gasteiger partial charge on any atom is 0.270 e. The van der Waals surface area contributed by atoms with Crippen LogP contribution in [0.3, 0.4) is 0 Å². The van der Waals surface area contributed by atoms with Crippen molar-refractivity contribution in [2.45, 2.75) is 19.9 Å². The number of nitrogens with two attached hydrogens (primary N) is 1. The SMILES string of the molecule is Cc1cc(C(=O)NC[C@@H]2CCN(Cc3cccc(O)c3)C2)nc(N)n1. The molecule has 1 amide bonds. The number of amides is 1. The van der Waals surface area contributed by atoms with E-state index in [1.165, 1.54) is 0 Å². The van der Waals surface area contributed by atoms with Crippen LogP contribution in [0.2, 0.25) is 0 Å². The molecule has 1 atom stereocenters. The lowest BCUT2D eigenvalue weighted by atomic mass is 10.1. The van der Waals surface area contributed by atoms with Gasteiger partial charge in [0.2, 0.25) is 5.95 Å². The monoisotopic (exact) mass is 341 g/mol. The zero-order chi connectivity index (χ0) is 17.8. The van der Waals surface area contributed by atoms with Crippen LogP contribution in [0.25, 0.3) is 0 Å². The number of phenolic OH excluding ortho intramolecular Hbond substituents is 1. The van der Waals surface area contributed by atoms with Crippen LogP contribution in [0.15, 0.2) is 30.3 Å². The number of aromatic hydroxyl groups is 1. The number of nitrogens with zero attached hydrogens (tertiary/aromatic N) is 3. The molecule has 1 fully saturated rings. The van der Waals surface area contributed by atoms with Gasteiger partial charge in [0.15, 0.2) is 0 Å². The van der Waals surface area contributed by atoms with Crippen molar-refractivity contribution < 1.29 is 9.90 Å². The predicted octanol–water partition coefficient (Wildman–Crippen LogP) is 1.32. The van der Waals surface area contributed by atoms with Crippen LogP contribution in [0.4, 0.5) is 5.95 Å². The van der Waals surface area contributed by atoms with Crippen LogP contribution in [0.1, 0.15) is 28.2 Å². The summed E-state index contributed by atoms with van der Waals surface area (Å²) >= 11 is 0. The van der Waals surface area contributed by atoms with Gasteiger partial charge >= 0.3 is 0 Å². The Balaban J connectivity index is 1.49. The first-order chi connectivity index (χ1) is 12.0. The van der Waals surface area contributed by atoms with Gasteiger partial charge in [-0.15, -0.1) is 0 Å². The fraction of sp³-hybridized carbons (Fsp3) is 0.389. The summed E-state index contributed by atoms with van der Waals surface area (Å²) in [6.45, 7) is 5.10. The second kappa shape index (κ2) is 7.48. The number of hydrogen-bond acceptors (Lipinski definition) is 6. The van der Waals surface area contributed by atoms with Crippen molar-refractivity contribution in [2.24, 2.45) is 5.92 Å². The number of phenols is 1. The Morgan fingerprint density at radius 1 is 1.40 bits per heavy atom. The molecule has 1 aliphatic heterocycles. The van der Waals surface area contributed by atoms with E-state index in [-0.39, 0.29) is 11.9 Å². The summed E-state index contributed by atoms with van der Waals surface area (Å²) in [5.74, 6) is 0.591. The first-order valence-electron chi connectivity index (χ1n) is 8.39. The molecule has 1 aliphatic rings. The molecular formula is C18H23N5O2. The fourth-order valence-corrected chi connectivity index (χ4v) is 3.17. The average Bonchev–Trinajstić information content (AvgIpc) is 2.99. The van der Waals surface area contributed by atoms with Crippen LogP contribution in [0.5, 0.6) is 5.75 Å². The summed E-state index contributed by atoms with van der Waals surface area (Å²) in [4.78, 5) is 22.5. The first-order valence-corrected chi connectivity index (χ1v) is 8.39. The third-order valence-corrected chi connectivity index (χ3v) is 4.34. The van der Waals surface area contributed by atoms with E-state index in [1.807, 2.05) is 12.1 Å². The van der Waals surface area contributed by atoms with Crippen LogP contribution in [-0.4, -0.2) is 45.5 Å². The van der Waals surface area contributed by atoms with Crippen molar-refractivity contribution in [3.8, 4) is 5.75 Å². The van der Waals surface area contributed by atoms with E-state index in [2.05, 4.69) is 20.2 Å². The molecule has 2 heterocycles. The molecule has 0 aliphatic carbocycles. The molecule has 7 heteroatoms. The molecule has 25 heavy (non-hydrogen) atoms. The number of aromatic nitrogens is 2. The van der Waals surface area contributed by atoms with E-state index in [9.17, 15) is 9.90 Å². The van der Waals surface area contributed by atoms with Gasteiger partial charge in [0.05, 0.1) is 0 Å². The van der Waals surface area contributed by atoms with Gasteiger partial charge in [0.25, 0.3) is 5.91 Å². The topological polar surface area (TPSA) is 104 Å². The van der Waals surface area contributed by atoms with E-state index in [1.54, 1.807) is 25.1 Å². The molecular weight excluding hydrogens is 318 g/mol. The molecule has 1 aromatic heterocycles. The van der Waals surface area contributed by atoms with Crippen LogP contribution < -0.4 is 11.1 Å². The molecule has 0 saturated carbocycles. The Morgan fingerprint density at radius 2 is 2.24 bits per heavy atom. The lowest BCUT2D eigenvalue weighted by Gasteiger charge is -2.16. The summed E-state index contributed by atoms with van der Waals surface area (Å²) in [5, 5.41) is 12.5. The summed E-state index contributed by atoms with van der Waals surface area (Å²) in [5.41, 5.74) is 7.67. The number of carbonyl (C=O) groups excluding carboxylic acids is 1. The van der Waals surface area contributed by atoms with Gasteiger partial charge in [-0.1, -0.05) is 12.1 Å². The second-order valence-corrected chi connectivity index (χ2v) is 6.52. The molecule has 132 valence electrons. The van der Waals surface area contributed by atoms with Crippen molar-refractivity contribution in [1.82, 2.24) is 20.2 Å². The van der Waals surface area contributed by atoms with Gasteiger partial charge in [0.1, 0.15) is 11.4 Å². The maximum atomic E-state index is 12.2. The van der Waals surface area contributed by atoms with Crippen molar-refractivity contribution in [3.05, 3.63) is 47.3 Å². The molecule has 4 N–H and O–H groups in total. The lowest BCUT2D eigenvalue weighted by molar-refractivity contribution is 0.0942. The molecule has 2 aromatic rings. The highest BCUT2D eigenvalue weighted by Gasteiger charge is 2.23. The molecule has 7 nitrogen and oxygen atoms in total. The molecule has 1 saturated heterocycles. The minimum absolute atomic E-state index is 0.114. The fourth-order valence-electron chi connectivity index (χ4n) is 3.17. The number of aryl methyl sites for hydroxylation is 1. The van der Waals surface area contributed by atoms with Crippen LogP contribution in [0, 0.1) is 12.8 Å². The summed E-state index contributed by atoms with van der Waals surface area (Å²) in [6.07, 6.45) is 1.03. The molecule has 1 aromatic carbocycles. The van der Waals surface area contributed by atoms with Gasteiger partial charge in [-0.3, -0.25) is 9.69 Å². The third-order valence-electron chi connectivity index (χ3n) is 4.34. The second-order valence-electron chi connectivity index (χ2n) is 6.52. The largest absolute Gasteiger partial charge is 0.508 e. The zero-order valence-electron chi connectivity index (χ0n) is 14.3. The normalized spacial score (nSPS) is 17.6. The Labute approximate surface area is 146 Å². The number of rotatable bonds is 5. The molecule has 0 spiro atoms. The summed E-state index contributed by atoms with van der Waals surface area (Å²) in [7, 11) is 0. The number of carbonyl (C=O) groups is 1. The van der Waals surface area contributed by atoms with Gasteiger partial charge in [0, 0.05) is 25.3 Å². The summed E-state index contributed by atoms with van der Waals surface area (Å²) < 4.78 is 0. The van der Waals surface area contributed by atoms with Crippen molar-refractivity contribution in [2.75, 3.05) is 25.4 Å². The predicted molar refractivity (Wildman–Crippen MR) is 95.0 cm³/mol. The summed E-state index contributed by atoms with van der Waals surface area (Å²) in [6, 6.07) is 8.96. The van der Waals surface area contributed by atoms with E-state index in [4.69, 9.17) is 5.73 Å². The highest BCUT2D eigenvalue weighted by atomic mass is 16.3. The van der Waals surface area contributed by atoms with Crippen LogP contribution in [-0.2, 0) is 6.54 Å². The molecule has 0 unspecified atom stereocenters. The molecule has 3 rings (SSSR count). The third kappa shape index (κ3) is 4.67. The average molecular weight is 341 g/mol. The Kier molecular flexibility index (Phi) is 5.14. The minimum Gasteiger partial charge on any atom is -0.508 e. The number of hydrogen-bond donors (Lipinski definition) is 3. The van der Waals surface area contributed by atoms with E-state index < -0.39 is 0 Å². The van der Waals surface area contributed by atoms with Gasteiger partial charge in [-0.05, 0) is 49.6 Å². The van der Waals surface area contributed by atoms with E-state index in [0.29, 0.717) is 29.6 Å². The highest BCUT2D eigenvalue weighted by Crippen LogP contribution is 2.20. The lowest BCUT2D eigenvalue weighted by Crippen LogP contribution is -2.31. The zero-order valence-corrected chi connectivity index (χ0v) is 14.3. The number of anilines is 1. The minimum atomic E-state index is -0.219. The van der Waals surface area contributed by atoms with Crippen molar-refractivity contribution in [3.63, 3.8) is 0 Å². The quantitative estimate of drug-likeness (QED) is 0.758. The van der Waals surface area contributed by atoms with E-state index >= 15 is 0 Å². The number of nitrogen functional groups attached to an aromatic ring is 1. The molecule has 0 radical (unpaired) electrons. The highest BCUT2D eigenvalue weighted by molar-refractivity contribution is 5.92. The Hall–Kier alpha value is -2.67. The van der Waals surface area contributed by atoms with Gasteiger partial charge in [-0.2, -0.15) is 0 Å². The van der Waals surface area contributed by atoms with Gasteiger partial charge < -0.3 is 16.2 Å². The smallest absolute Gasteiger partial charge is 0.270 e. The Bertz CT molecular complexity index is 745.